The van der Waals surface area contributed by atoms with E-state index in [0.717, 1.165) is 4.90 Å². The van der Waals surface area contributed by atoms with Gasteiger partial charge in [-0.1, -0.05) is 0 Å². The van der Waals surface area contributed by atoms with Gasteiger partial charge >= 0.3 is 12.0 Å². The van der Waals surface area contributed by atoms with Gasteiger partial charge in [0, 0.05) is 13.2 Å². The fourth-order valence-electron chi connectivity index (χ4n) is 1.16. The number of nitrogens with one attached hydrogen (secondary N) is 1. The summed E-state index contributed by atoms with van der Waals surface area (Å²) in [5.41, 5.74) is 1.25. The van der Waals surface area contributed by atoms with Crippen LogP contribution in [0.15, 0.2) is 18.3 Å². The Morgan fingerprint density at radius 3 is 2.71 bits per heavy atom. The molecule has 0 aliphatic carbocycles. The molecule has 0 saturated heterocycles. The van der Waals surface area contributed by atoms with Gasteiger partial charge in [-0.05, 0) is 26.0 Å². The molecule has 0 saturated carbocycles. The first-order valence-electron chi connectivity index (χ1n) is 5.11. The smallest absolute Gasteiger partial charge is 0.326 e. The lowest BCUT2D eigenvalue weighted by atomic mass is 10.3. The van der Waals surface area contributed by atoms with Gasteiger partial charge in [-0.3, -0.25) is 4.98 Å². The van der Waals surface area contributed by atoms with Gasteiger partial charge in [0.15, 0.2) is 0 Å². The number of carboxylic acids is 1. The Bertz CT molecular complexity index is 434. The number of urea groups is 1. The van der Waals surface area contributed by atoms with Gasteiger partial charge < -0.3 is 15.3 Å². The predicted molar refractivity (Wildman–Crippen MR) is 62.9 cm³/mol. The number of carbonyl (C=O) groups is 2. The van der Waals surface area contributed by atoms with Gasteiger partial charge in [0.2, 0.25) is 0 Å². The van der Waals surface area contributed by atoms with E-state index in [1.165, 1.54) is 14.0 Å². The van der Waals surface area contributed by atoms with E-state index < -0.39 is 18.0 Å². The van der Waals surface area contributed by atoms with Crippen LogP contribution in [0.4, 0.5) is 10.5 Å². The van der Waals surface area contributed by atoms with Gasteiger partial charge in [-0.25, -0.2) is 9.59 Å². The molecule has 0 bridgehead atoms. The number of nitrogens with zero attached hydrogens (tertiary/aromatic N) is 2. The Balaban J connectivity index is 2.73. The summed E-state index contributed by atoms with van der Waals surface area (Å²) >= 11 is 0. The molecule has 1 unspecified atom stereocenters. The zero-order valence-corrected chi connectivity index (χ0v) is 9.97. The minimum absolute atomic E-state index is 0.476. The number of anilines is 1. The number of carboxylic acid groups (broad SMARTS) is 1. The molecular formula is C11H15N3O3. The maximum atomic E-state index is 11.7. The zero-order valence-electron chi connectivity index (χ0n) is 9.97. The van der Waals surface area contributed by atoms with Gasteiger partial charge in [0.1, 0.15) is 6.04 Å². The summed E-state index contributed by atoms with van der Waals surface area (Å²) in [4.78, 5) is 27.6. The minimum atomic E-state index is -1.05. The predicted octanol–water partition coefficient (Wildman–Crippen LogP) is 1.33. The molecule has 6 heteroatoms. The minimum Gasteiger partial charge on any atom is -0.480 e. The number of aryl methyl sites for hydroxylation is 1. The lowest BCUT2D eigenvalue weighted by Gasteiger charge is -2.22. The lowest BCUT2D eigenvalue weighted by Crippen LogP contribution is -2.42. The average molecular weight is 237 g/mol. The van der Waals surface area contributed by atoms with Crippen molar-refractivity contribution >= 4 is 17.7 Å². The molecule has 0 radical (unpaired) electrons. The number of likely N-dealkylation sites (N-methyl/N-ethyl adjacent to an activating group) is 1. The van der Waals surface area contributed by atoms with Gasteiger partial charge in [0.05, 0.1) is 11.4 Å². The normalized spacial score (nSPS) is 11.7. The molecule has 1 aromatic heterocycles. The van der Waals surface area contributed by atoms with Crippen molar-refractivity contribution < 1.29 is 14.7 Å². The largest absolute Gasteiger partial charge is 0.480 e. The molecule has 0 spiro atoms. The third kappa shape index (κ3) is 3.17. The zero-order chi connectivity index (χ0) is 13.0. The third-order valence-corrected chi connectivity index (χ3v) is 2.51. The highest BCUT2D eigenvalue weighted by Gasteiger charge is 2.21. The SMILES string of the molecule is Cc1ncccc1NC(=O)N(C)C(C)C(=O)O. The van der Waals surface area contributed by atoms with Gasteiger partial charge in [-0.2, -0.15) is 0 Å². The van der Waals surface area contributed by atoms with E-state index in [1.54, 1.807) is 25.3 Å². The first-order valence-corrected chi connectivity index (χ1v) is 5.11. The van der Waals surface area contributed by atoms with E-state index in [-0.39, 0.29) is 0 Å². The Labute approximate surface area is 99.3 Å². The number of pyridine rings is 1. The number of hydrogen-bond donors (Lipinski definition) is 2. The van der Waals surface area contributed by atoms with Crippen LogP contribution in [0.2, 0.25) is 0 Å². The molecule has 2 N–H and O–H groups in total. The van der Waals surface area contributed by atoms with Crippen molar-refractivity contribution in [1.82, 2.24) is 9.88 Å². The summed E-state index contributed by atoms with van der Waals surface area (Å²) in [7, 11) is 1.43. The molecule has 0 aliphatic heterocycles. The van der Waals surface area contributed by atoms with Crippen molar-refractivity contribution in [2.24, 2.45) is 0 Å². The van der Waals surface area contributed by atoms with E-state index in [4.69, 9.17) is 5.11 Å². The number of amides is 2. The topological polar surface area (TPSA) is 82.5 Å². The molecule has 17 heavy (non-hydrogen) atoms. The molecule has 2 amide bonds. The molecule has 1 heterocycles. The third-order valence-electron chi connectivity index (χ3n) is 2.51. The van der Waals surface area contributed by atoms with Crippen LogP contribution in [0.3, 0.4) is 0 Å². The fraction of sp³-hybridized carbons (Fsp3) is 0.364. The van der Waals surface area contributed by atoms with E-state index in [0.29, 0.717) is 11.4 Å². The van der Waals surface area contributed by atoms with E-state index in [1.807, 2.05) is 0 Å². The number of hydrogen-bond acceptors (Lipinski definition) is 3. The summed E-state index contributed by atoms with van der Waals surface area (Å²) in [5.74, 6) is -1.05. The highest BCUT2D eigenvalue weighted by molar-refractivity contribution is 5.92. The molecular weight excluding hydrogens is 222 g/mol. The number of aliphatic carboxylic acids is 1. The van der Waals surface area contributed by atoms with Crippen molar-refractivity contribution in [3.63, 3.8) is 0 Å². The van der Waals surface area contributed by atoms with E-state index >= 15 is 0 Å². The lowest BCUT2D eigenvalue weighted by molar-refractivity contribution is -0.141. The Morgan fingerprint density at radius 1 is 1.53 bits per heavy atom. The number of carbonyl (C=O) groups excluding carboxylic acids is 1. The number of aromatic nitrogens is 1. The summed E-state index contributed by atoms with van der Waals surface area (Å²) in [6, 6.07) is 2.05. The summed E-state index contributed by atoms with van der Waals surface area (Å²) in [6.07, 6.45) is 1.62. The fourth-order valence-corrected chi connectivity index (χ4v) is 1.16. The number of rotatable bonds is 3. The van der Waals surface area contributed by atoms with Crippen molar-refractivity contribution in [2.75, 3.05) is 12.4 Å². The van der Waals surface area contributed by atoms with Crippen molar-refractivity contribution in [1.29, 1.82) is 0 Å². The Morgan fingerprint density at radius 2 is 2.18 bits per heavy atom. The van der Waals surface area contributed by atoms with Crippen LogP contribution in [-0.4, -0.2) is 40.1 Å². The molecule has 6 nitrogen and oxygen atoms in total. The molecule has 1 aromatic rings. The summed E-state index contributed by atoms with van der Waals surface area (Å²) < 4.78 is 0. The maximum Gasteiger partial charge on any atom is 0.326 e. The molecule has 1 rings (SSSR count). The monoisotopic (exact) mass is 237 g/mol. The van der Waals surface area contributed by atoms with Crippen molar-refractivity contribution in [2.45, 2.75) is 19.9 Å². The van der Waals surface area contributed by atoms with Crippen LogP contribution >= 0.6 is 0 Å². The standard InChI is InChI=1S/C11H15N3O3/c1-7-9(5-4-6-12-7)13-11(17)14(3)8(2)10(15)16/h4-6,8H,1-3H3,(H,13,17)(H,15,16). The summed E-state index contributed by atoms with van der Waals surface area (Å²) in [5, 5.41) is 11.4. The van der Waals surface area contributed by atoms with E-state index in [9.17, 15) is 9.59 Å². The van der Waals surface area contributed by atoms with Crippen molar-refractivity contribution in [3.05, 3.63) is 24.0 Å². The highest BCUT2D eigenvalue weighted by Crippen LogP contribution is 2.11. The average Bonchev–Trinajstić information content (AvgIpc) is 2.30. The molecule has 1 atom stereocenters. The second-order valence-corrected chi connectivity index (χ2v) is 3.69. The van der Waals surface area contributed by atoms with Crippen LogP contribution in [0.5, 0.6) is 0 Å². The molecule has 0 fully saturated rings. The molecule has 0 aromatic carbocycles. The first-order chi connectivity index (χ1) is 7.93. The van der Waals surface area contributed by atoms with Crippen LogP contribution in [0.1, 0.15) is 12.6 Å². The first kappa shape index (κ1) is 13.0. The molecule has 92 valence electrons. The quantitative estimate of drug-likeness (QED) is 0.830. The Kier molecular flexibility index (Phi) is 4.03. The van der Waals surface area contributed by atoms with Crippen LogP contribution < -0.4 is 5.32 Å². The summed E-state index contributed by atoms with van der Waals surface area (Å²) in [6.45, 7) is 3.20. The second-order valence-electron chi connectivity index (χ2n) is 3.69. The molecule has 0 aliphatic rings. The van der Waals surface area contributed by atoms with Crippen LogP contribution in [-0.2, 0) is 4.79 Å². The van der Waals surface area contributed by atoms with Gasteiger partial charge in [0.25, 0.3) is 0 Å². The van der Waals surface area contributed by atoms with Crippen LogP contribution in [0, 0.1) is 6.92 Å². The second kappa shape index (κ2) is 5.29. The Hall–Kier alpha value is -2.11. The highest BCUT2D eigenvalue weighted by atomic mass is 16.4. The maximum absolute atomic E-state index is 11.7. The van der Waals surface area contributed by atoms with Gasteiger partial charge in [-0.15, -0.1) is 0 Å². The van der Waals surface area contributed by atoms with E-state index in [2.05, 4.69) is 10.3 Å². The van der Waals surface area contributed by atoms with Crippen LogP contribution in [0.25, 0.3) is 0 Å². The van der Waals surface area contributed by atoms with Crippen molar-refractivity contribution in [3.8, 4) is 0 Å².